The zero-order valence-electron chi connectivity index (χ0n) is 18.1. The van der Waals surface area contributed by atoms with E-state index in [0.717, 1.165) is 11.6 Å². The Morgan fingerprint density at radius 1 is 1.06 bits per heavy atom. The lowest BCUT2D eigenvalue weighted by Crippen LogP contribution is -2.03. The van der Waals surface area contributed by atoms with E-state index in [1.807, 2.05) is 18.2 Å². The van der Waals surface area contributed by atoms with Gasteiger partial charge in [0.15, 0.2) is 0 Å². The molecule has 0 aliphatic heterocycles. The highest BCUT2D eigenvalue weighted by Crippen LogP contribution is 2.29. The molecule has 0 aliphatic carbocycles. The number of ether oxygens (including phenoxy) is 5. The minimum absolute atomic E-state index is 0.000582. The van der Waals surface area contributed by atoms with Crippen LogP contribution in [0.4, 0.5) is 0 Å². The van der Waals surface area contributed by atoms with Crippen LogP contribution in [-0.2, 0) is 27.5 Å². The number of esters is 1. The van der Waals surface area contributed by atoms with E-state index in [2.05, 4.69) is 20.8 Å². The van der Waals surface area contributed by atoms with E-state index in [9.17, 15) is 10.1 Å². The van der Waals surface area contributed by atoms with Crippen molar-refractivity contribution in [3.8, 4) is 29.3 Å². The molecule has 0 atom stereocenters. The van der Waals surface area contributed by atoms with Crippen LogP contribution in [0.25, 0.3) is 0 Å². The summed E-state index contributed by atoms with van der Waals surface area (Å²) in [5, 5.41) is 9.20. The molecular formula is C24H21N3O6. The molecule has 9 nitrogen and oxygen atoms in total. The fourth-order valence-electron chi connectivity index (χ4n) is 2.73. The molecule has 1 heterocycles. The molecule has 3 rings (SSSR count). The summed E-state index contributed by atoms with van der Waals surface area (Å²) in [6.07, 6.45) is 3.66. The van der Waals surface area contributed by atoms with Gasteiger partial charge in [-0.2, -0.15) is 5.26 Å². The van der Waals surface area contributed by atoms with Crippen molar-refractivity contribution in [3.63, 3.8) is 0 Å². The first kappa shape index (κ1) is 23.1. The number of rotatable bonds is 10. The second-order valence-corrected chi connectivity index (χ2v) is 6.45. The zero-order valence-corrected chi connectivity index (χ0v) is 18.1. The Hall–Kier alpha value is -4.58. The van der Waals surface area contributed by atoms with Crippen molar-refractivity contribution in [2.75, 3.05) is 14.2 Å². The summed E-state index contributed by atoms with van der Waals surface area (Å²) in [7, 11) is 2.74. The van der Waals surface area contributed by atoms with Crippen LogP contribution in [-0.4, -0.2) is 30.2 Å². The number of hydrogen-bond donors (Lipinski definition) is 0. The normalized spacial score (nSPS) is 10.3. The van der Waals surface area contributed by atoms with Gasteiger partial charge in [-0.15, -0.1) is 0 Å². The average molecular weight is 447 g/mol. The highest BCUT2D eigenvalue weighted by molar-refractivity contribution is 5.81. The Kier molecular flexibility index (Phi) is 8.20. The first-order valence-corrected chi connectivity index (χ1v) is 9.77. The summed E-state index contributed by atoms with van der Waals surface area (Å²) in [5.74, 6) is 0.988. The molecule has 0 fully saturated rings. The number of methoxy groups -OCH3 is 2. The van der Waals surface area contributed by atoms with Crippen molar-refractivity contribution in [1.82, 2.24) is 9.97 Å². The van der Waals surface area contributed by atoms with Crippen LogP contribution < -0.4 is 14.2 Å². The predicted molar refractivity (Wildman–Crippen MR) is 117 cm³/mol. The SMILES string of the molecule is COC(=O)/C=C/OCc1c(OC)ncnc1Oc1cccc(COc2ccccc2C#N)c1. The molecule has 3 aromatic rings. The lowest BCUT2D eigenvalue weighted by Gasteiger charge is -2.13. The fourth-order valence-corrected chi connectivity index (χ4v) is 2.73. The van der Waals surface area contributed by atoms with Crippen molar-refractivity contribution in [1.29, 1.82) is 5.26 Å². The lowest BCUT2D eigenvalue weighted by molar-refractivity contribution is -0.135. The molecule has 0 spiro atoms. The first-order chi connectivity index (χ1) is 16.1. The number of para-hydroxylation sites is 1. The van der Waals surface area contributed by atoms with Crippen LogP contribution in [0.2, 0.25) is 0 Å². The van der Waals surface area contributed by atoms with Gasteiger partial charge in [0.2, 0.25) is 11.8 Å². The van der Waals surface area contributed by atoms with E-state index in [0.29, 0.717) is 22.6 Å². The second kappa shape index (κ2) is 11.7. The molecule has 0 saturated carbocycles. The molecule has 1 aromatic heterocycles. The molecule has 2 aromatic carbocycles. The van der Waals surface area contributed by atoms with Gasteiger partial charge in [0.25, 0.3) is 0 Å². The molecule has 0 N–H and O–H groups in total. The summed E-state index contributed by atoms with van der Waals surface area (Å²) in [6.45, 7) is 0.248. The molecule has 0 aliphatic rings. The molecule has 0 amide bonds. The maximum Gasteiger partial charge on any atom is 0.333 e. The fraction of sp³-hybridized carbons (Fsp3) is 0.167. The van der Waals surface area contributed by atoms with Crippen LogP contribution in [0.1, 0.15) is 16.7 Å². The minimum Gasteiger partial charge on any atom is -0.496 e. The van der Waals surface area contributed by atoms with Crippen LogP contribution in [0.3, 0.4) is 0 Å². The Morgan fingerprint density at radius 2 is 1.88 bits per heavy atom. The van der Waals surface area contributed by atoms with E-state index in [1.54, 1.807) is 30.3 Å². The molecule has 0 bridgehead atoms. The van der Waals surface area contributed by atoms with Crippen molar-refractivity contribution < 1.29 is 28.5 Å². The Labute approximate surface area is 190 Å². The van der Waals surface area contributed by atoms with Gasteiger partial charge in [-0.25, -0.2) is 14.8 Å². The molecule has 9 heteroatoms. The van der Waals surface area contributed by atoms with Crippen molar-refractivity contribution in [2.45, 2.75) is 13.2 Å². The molecule has 0 unspecified atom stereocenters. The smallest absolute Gasteiger partial charge is 0.333 e. The van der Waals surface area contributed by atoms with Gasteiger partial charge in [-0.1, -0.05) is 24.3 Å². The molecule has 0 saturated heterocycles. The van der Waals surface area contributed by atoms with Crippen LogP contribution in [0, 0.1) is 11.3 Å². The number of hydrogen-bond acceptors (Lipinski definition) is 9. The van der Waals surface area contributed by atoms with Gasteiger partial charge in [0.05, 0.1) is 32.1 Å². The second-order valence-electron chi connectivity index (χ2n) is 6.45. The van der Waals surface area contributed by atoms with E-state index < -0.39 is 5.97 Å². The summed E-state index contributed by atoms with van der Waals surface area (Å²) < 4.78 is 26.9. The molecular weight excluding hydrogens is 426 g/mol. The van der Waals surface area contributed by atoms with Gasteiger partial charge in [-0.05, 0) is 29.8 Å². The first-order valence-electron chi connectivity index (χ1n) is 9.77. The monoisotopic (exact) mass is 447 g/mol. The summed E-state index contributed by atoms with van der Waals surface area (Å²) in [4.78, 5) is 19.4. The Morgan fingerprint density at radius 3 is 2.67 bits per heavy atom. The highest BCUT2D eigenvalue weighted by atomic mass is 16.5. The van der Waals surface area contributed by atoms with Gasteiger partial charge in [-0.3, -0.25) is 0 Å². The Bertz CT molecular complexity index is 1170. The number of nitriles is 1. The van der Waals surface area contributed by atoms with Gasteiger partial charge < -0.3 is 23.7 Å². The van der Waals surface area contributed by atoms with E-state index >= 15 is 0 Å². The maximum atomic E-state index is 11.2. The average Bonchev–Trinajstić information content (AvgIpc) is 2.86. The van der Waals surface area contributed by atoms with E-state index in [1.165, 1.54) is 26.8 Å². The van der Waals surface area contributed by atoms with Gasteiger partial charge in [0, 0.05) is 0 Å². The molecule has 168 valence electrons. The largest absolute Gasteiger partial charge is 0.496 e. The number of carbonyl (C=O) groups excluding carboxylic acids is 1. The van der Waals surface area contributed by atoms with Gasteiger partial charge >= 0.3 is 5.97 Å². The third-order valence-corrected chi connectivity index (χ3v) is 4.30. The van der Waals surface area contributed by atoms with Crippen molar-refractivity contribution in [2.24, 2.45) is 0 Å². The topological polar surface area (TPSA) is 113 Å². The molecule has 33 heavy (non-hydrogen) atoms. The predicted octanol–water partition coefficient (Wildman–Crippen LogP) is 3.93. The minimum atomic E-state index is -0.542. The summed E-state index contributed by atoms with van der Waals surface area (Å²) in [5.41, 5.74) is 1.75. The van der Waals surface area contributed by atoms with Crippen LogP contribution in [0.5, 0.6) is 23.3 Å². The third kappa shape index (κ3) is 6.45. The number of benzene rings is 2. The standard InChI is InChI=1S/C24H21N3O6/c1-29-22(28)10-11-31-15-20-23(30-2)26-16-27-24(20)33-19-8-5-6-17(12-19)14-32-21-9-4-3-7-18(21)13-25/h3-12,16H,14-15H2,1-2H3/b11-10+. The van der Waals surface area contributed by atoms with Crippen molar-refractivity contribution in [3.05, 3.63) is 83.9 Å². The van der Waals surface area contributed by atoms with Crippen LogP contribution in [0.15, 0.2) is 67.2 Å². The number of aromatic nitrogens is 2. The summed E-state index contributed by atoms with van der Waals surface area (Å²) in [6, 6.07) is 16.4. The summed E-state index contributed by atoms with van der Waals surface area (Å²) >= 11 is 0. The Balaban J connectivity index is 1.73. The maximum absolute atomic E-state index is 11.2. The third-order valence-electron chi connectivity index (χ3n) is 4.30. The van der Waals surface area contributed by atoms with Gasteiger partial charge in [0.1, 0.15) is 42.7 Å². The van der Waals surface area contributed by atoms with Crippen molar-refractivity contribution >= 4 is 5.97 Å². The number of carbonyl (C=O) groups is 1. The van der Waals surface area contributed by atoms with Crippen LogP contribution >= 0.6 is 0 Å². The molecule has 0 radical (unpaired) electrons. The quantitative estimate of drug-likeness (QED) is 0.259. The number of nitrogens with zero attached hydrogens (tertiary/aromatic N) is 3. The van der Waals surface area contributed by atoms with E-state index in [4.69, 9.17) is 18.9 Å². The van der Waals surface area contributed by atoms with E-state index in [-0.39, 0.29) is 25.0 Å². The lowest BCUT2D eigenvalue weighted by atomic mass is 10.2. The zero-order chi connectivity index (χ0) is 23.5. The highest BCUT2D eigenvalue weighted by Gasteiger charge is 2.15.